The molecule has 0 saturated heterocycles. The maximum atomic E-state index is 12.6. The molecule has 136 valence electrons. The highest BCUT2D eigenvalue weighted by atomic mass is 16.3. The standard InChI is InChI=1S/C20H26N2O2.CH4/c1-20(2,3)14-7-9-15(10-8-14)22-19(24)16-11-6-13-5-4-12-21-17(13)18(16)23;/h4-6,11-12,14-15,23H,7-10H2,1-3H3,(H,22,24);1H4. The molecule has 1 heterocycles. The molecule has 0 atom stereocenters. The molecule has 1 amide bonds. The van der Waals surface area contributed by atoms with Crippen LogP contribution in [0.1, 0.15) is 64.2 Å². The number of aromatic nitrogens is 1. The zero-order valence-electron chi connectivity index (χ0n) is 14.7. The maximum Gasteiger partial charge on any atom is 0.255 e. The quantitative estimate of drug-likeness (QED) is 0.815. The zero-order valence-corrected chi connectivity index (χ0v) is 14.7. The Labute approximate surface area is 150 Å². The van der Waals surface area contributed by atoms with Crippen LogP contribution in [0.15, 0.2) is 30.5 Å². The lowest BCUT2D eigenvalue weighted by atomic mass is 9.71. The minimum atomic E-state index is -0.209. The molecule has 1 aliphatic rings. The smallest absolute Gasteiger partial charge is 0.255 e. The molecule has 4 nitrogen and oxygen atoms in total. The lowest BCUT2D eigenvalue weighted by molar-refractivity contribution is 0.0901. The van der Waals surface area contributed by atoms with E-state index in [2.05, 4.69) is 31.1 Å². The van der Waals surface area contributed by atoms with Crippen LogP contribution in [0.2, 0.25) is 0 Å². The van der Waals surface area contributed by atoms with Crippen LogP contribution in [0.25, 0.3) is 10.9 Å². The van der Waals surface area contributed by atoms with E-state index < -0.39 is 0 Å². The van der Waals surface area contributed by atoms with E-state index in [4.69, 9.17) is 0 Å². The van der Waals surface area contributed by atoms with Crippen LogP contribution in [-0.2, 0) is 0 Å². The lowest BCUT2D eigenvalue weighted by Crippen LogP contribution is -2.39. The number of hydrogen-bond acceptors (Lipinski definition) is 3. The van der Waals surface area contributed by atoms with Gasteiger partial charge in [-0.1, -0.05) is 40.3 Å². The number of nitrogens with zero attached hydrogens (tertiary/aromatic N) is 1. The Kier molecular flexibility index (Phi) is 5.71. The SMILES string of the molecule is C.CC(C)(C)C1CCC(NC(=O)c2ccc3cccnc3c2O)CC1. The first-order valence-corrected chi connectivity index (χ1v) is 8.74. The molecule has 4 heteroatoms. The first kappa shape index (κ1) is 19.2. The first-order valence-electron chi connectivity index (χ1n) is 8.74. The van der Waals surface area contributed by atoms with Crippen molar-refractivity contribution in [2.24, 2.45) is 11.3 Å². The Morgan fingerprint density at radius 2 is 1.84 bits per heavy atom. The van der Waals surface area contributed by atoms with Gasteiger partial charge < -0.3 is 10.4 Å². The fourth-order valence-electron chi connectivity index (χ4n) is 3.68. The molecule has 0 unspecified atom stereocenters. The third-order valence-corrected chi connectivity index (χ3v) is 5.28. The number of aromatic hydroxyl groups is 1. The second kappa shape index (κ2) is 7.42. The van der Waals surface area contributed by atoms with Crippen LogP contribution >= 0.6 is 0 Å². The van der Waals surface area contributed by atoms with Crippen LogP contribution in [0.5, 0.6) is 5.75 Å². The monoisotopic (exact) mass is 342 g/mol. The molecular weight excluding hydrogens is 312 g/mol. The molecule has 1 saturated carbocycles. The summed E-state index contributed by atoms with van der Waals surface area (Å²) in [5.41, 5.74) is 1.11. The van der Waals surface area contributed by atoms with E-state index in [1.807, 2.05) is 18.2 Å². The second-order valence-corrected chi connectivity index (χ2v) is 7.92. The van der Waals surface area contributed by atoms with Crippen molar-refractivity contribution in [3.8, 4) is 5.75 Å². The van der Waals surface area contributed by atoms with Gasteiger partial charge in [-0.2, -0.15) is 0 Å². The molecule has 1 aromatic carbocycles. The molecule has 2 aromatic rings. The van der Waals surface area contributed by atoms with Crippen molar-refractivity contribution in [1.29, 1.82) is 0 Å². The highest BCUT2D eigenvalue weighted by molar-refractivity contribution is 6.02. The van der Waals surface area contributed by atoms with Crippen molar-refractivity contribution in [3.05, 3.63) is 36.0 Å². The van der Waals surface area contributed by atoms with Crippen molar-refractivity contribution in [1.82, 2.24) is 10.3 Å². The summed E-state index contributed by atoms with van der Waals surface area (Å²) in [4.78, 5) is 16.7. The molecule has 0 spiro atoms. The maximum absolute atomic E-state index is 12.6. The van der Waals surface area contributed by atoms with Crippen molar-refractivity contribution in [2.75, 3.05) is 0 Å². The summed E-state index contributed by atoms with van der Waals surface area (Å²) in [6.07, 6.45) is 5.90. The molecule has 0 radical (unpaired) electrons. The lowest BCUT2D eigenvalue weighted by Gasteiger charge is -2.37. The second-order valence-electron chi connectivity index (χ2n) is 7.92. The van der Waals surface area contributed by atoms with Crippen LogP contribution in [-0.4, -0.2) is 22.0 Å². The number of fused-ring (bicyclic) bond motifs is 1. The van der Waals surface area contributed by atoms with Gasteiger partial charge in [0.05, 0.1) is 5.56 Å². The summed E-state index contributed by atoms with van der Waals surface area (Å²) in [6, 6.07) is 7.38. The van der Waals surface area contributed by atoms with Gasteiger partial charge in [-0.3, -0.25) is 9.78 Å². The minimum absolute atomic E-state index is 0. The normalized spacial score (nSPS) is 20.8. The van der Waals surface area contributed by atoms with Gasteiger partial charge in [0.1, 0.15) is 5.52 Å². The van der Waals surface area contributed by atoms with Gasteiger partial charge in [0.2, 0.25) is 0 Å². The minimum Gasteiger partial charge on any atom is -0.505 e. The number of nitrogens with one attached hydrogen (secondary N) is 1. The molecule has 1 aromatic heterocycles. The first-order chi connectivity index (χ1) is 11.4. The Bertz CT molecular complexity index is 741. The Morgan fingerprint density at radius 3 is 2.48 bits per heavy atom. The number of hydrogen-bond donors (Lipinski definition) is 2. The van der Waals surface area contributed by atoms with E-state index in [0.29, 0.717) is 22.4 Å². The van der Waals surface area contributed by atoms with E-state index in [1.165, 1.54) is 0 Å². The van der Waals surface area contributed by atoms with Crippen LogP contribution in [0.4, 0.5) is 0 Å². The van der Waals surface area contributed by atoms with Gasteiger partial charge >= 0.3 is 0 Å². The molecular formula is C21H30N2O2. The van der Waals surface area contributed by atoms with Gasteiger partial charge in [0.15, 0.2) is 5.75 Å². The van der Waals surface area contributed by atoms with E-state index in [1.54, 1.807) is 12.3 Å². The van der Waals surface area contributed by atoms with Crippen molar-refractivity contribution in [2.45, 2.75) is 59.9 Å². The van der Waals surface area contributed by atoms with Crippen molar-refractivity contribution >= 4 is 16.8 Å². The summed E-state index contributed by atoms with van der Waals surface area (Å²) in [5.74, 6) is 0.470. The number of carbonyl (C=O) groups excluding carboxylic acids is 1. The Balaban J connectivity index is 0.00000225. The summed E-state index contributed by atoms with van der Waals surface area (Å²) < 4.78 is 0. The van der Waals surface area contributed by atoms with Crippen molar-refractivity contribution in [3.63, 3.8) is 0 Å². The average molecular weight is 342 g/mol. The van der Waals surface area contributed by atoms with Crippen molar-refractivity contribution < 1.29 is 9.90 Å². The molecule has 2 N–H and O–H groups in total. The number of carbonyl (C=O) groups is 1. The van der Waals surface area contributed by atoms with Gasteiger partial charge in [0.25, 0.3) is 5.91 Å². The van der Waals surface area contributed by atoms with E-state index in [-0.39, 0.29) is 25.1 Å². The van der Waals surface area contributed by atoms with Gasteiger partial charge in [-0.25, -0.2) is 0 Å². The molecule has 0 aliphatic heterocycles. The van der Waals surface area contributed by atoms with Gasteiger partial charge in [-0.15, -0.1) is 0 Å². The predicted molar refractivity (Wildman–Crippen MR) is 103 cm³/mol. The van der Waals surface area contributed by atoms with Gasteiger partial charge in [0, 0.05) is 17.6 Å². The Hall–Kier alpha value is -2.10. The summed E-state index contributed by atoms with van der Waals surface area (Å²) in [7, 11) is 0. The molecule has 25 heavy (non-hydrogen) atoms. The molecule has 3 rings (SSSR count). The fourth-order valence-corrected chi connectivity index (χ4v) is 3.68. The molecule has 0 bridgehead atoms. The number of pyridine rings is 1. The van der Waals surface area contributed by atoms with Gasteiger partial charge in [-0.05, 0) is 49.1 Å². The highest BCUT2D eigenvalue weighted by Crippen LogP contribution is 2.38. The number of phenolic OH excluding ortho intramolecular Hbond substituents is 1. The number of benzene rings is 1. The number of phenols is 1. The van der Waals surface area contributed by atoms with E-state index in [9.17, 15) is 9.90 Å². The van der Waals surface area contributed by atoms with E-state index >= 15 is 0 Å². The largest absolute Gasteiger partial charge is 0.505 e. The van der Waals surface area contributed by atoms with E-state index in [0.717, 1.165) is 31.1 Å². The van der Waals surface area contributed by atoms with Crippen LogP contribution < -0.4 is 5.32 Å². The average Bonchev–Trinajstić information content (AvgIpc) is 2.55. The zero-order chi connectivity index (χ0) is 17.3. The predicted octanol–water partition coefficient (Wildman–Crippen LogP) is 4.91. The summed E-state index contributed by atoms with van der Waals surface area (Å²) in [5, 5.41) is 14.3. The van der Waals surface area contributed by atoms with Crippen LogP contribution in [0.3, 0.4) is 0 Å². The third kappa shape index (κ3) is 4.12. The highest BCUT2D eigenvalue weighted by Gasteiger charge is 2.30. The summed E-state index contributed by atoms with van der Waals surface area (Å²) in [6.45, 7) is 6.87. The topological polar surface area (TPSA) is 62.2 Å². The molecule has 1 fully saturated rings. The van der Waals surface area contributed by atoms with Crippen LogP contribution in [0, 0.1) is 11.3 Å². The number of amides is 1. The number of rotatable bonds is 2. The Morgan fingerprint density at radius 1 is 1.16 bits per heavy atom. The third-order valence-electron chi connectivity index (χ3n) is 5.28. The fraction of sp³-hybridized carbons (Fsp3) is 0.524. The summed E-state index contributed by atoms with van der Waals surface area (Å²) >= 11 is 0. The molecule has 1 aliphatic carbocycles.